The van der Waals surface area contributed by atoms with E-state index in [0.29, 0.717) is 0 Å². The lowest BCUT2D eigenvalue weighted by atomic mass is 9.98. The van der Waals surface area contributed by atoms with Gasteiger partial charge in [-0.15, -0.1) is 0 Å². The Hall–Kier alpha value is -1.51. The van der Waals surface area contributed by atoms with Gasteiger partial charge in [0.1, 0.15) is 12.2 Å². The molecule has 7 nitrogen and oxygen atoms in total. The summed E-state index contributed by atoms with van der Waals surface area (Å²) in [5.41, 5.74) is -2.42. The van der Waals surface area contributed by atoms with Crippen LogP contribution in [0.25, 0.3) is 0 Å². The average molecular weight is 302 g/mol. The molecule has 0 spiro atoms. The molecule has 0 bridgehead atoms. The van der Waals surface area contributed by atoms with E-state index in [1.54, 1.807) is 6.92 Å². The van der Waals surface area contributed by atoms with Crippen molar-refractivity contribution in [1.82, 2.24) is 9.55 Å². The van der Waals surface area contributed by atoms with E-state index in [4.69, 9.17) is 14.2 Å². The van der Waals surface area contributed by atoms with E-state index in [1.807, 2.05) is 0 Å². The van der Waals surface area contributed by atoms with Gasteiger partial charge in [-0.05, 0) is 13.8 Å². The Morgan fingerprint density at radius 2 is 2.33 bits per heavy atom. The Kier molecular flexibility index (Phi) is 4.60. The molecule has 21 heavy (non-hydrogen) atoms. The van der Waals surface area contributed by atoms with Crippen molar-refractivity contribution >= 4 is 0 Å². The smallest absolute Gasteiger partial charge is 0.301 e. The highest BCUT2D eigenvalue weighted by Gasteiger charge is 2.56. The summed E-state index contributed by atoms with van der Waals surface area (Å²) in [6.45, 7) is 2.92. The molecule has 0 radical (unpaired) electrons. The van der Waals surface area contributed by atoms with Gasteiger partial charge in [-0.2, -0.15) is 4.98 Å². The van der Waals surface area contributed by atoms with Crippen molar-refractivity contribution in [3.05, 3.63) is 22.6 Å². The third-order valence-electron chi connectivity index (χ3n) is 3.44. The normalized spacial score (nSPS) is 32.3. The van der Waals surface area contributed by atoms with Crippen molar-refractivity contribution < 1.29 is 23.7 Å². The number of aliphatic hydroxyl groups is 1. The second-order valence-corrected chi connectivity index (χ2v) is 4.91. The lowest BCUT2D eigenvalue weighted by molar-refractivity contribution is -0.0632. The monoisotopic (exact) mass is 302 g/mol. The van der Waals surface area contributed by atoms with Gasteiger partial charge in [0.25, 0.3) is 5.56 Å². The van der Waals surface area contributed by atoms with E-state index in [1.165, 1.54) is 30.9 Å². The number of ether oxygens (including phenoxy) is 3. The number of methoxy groups -OCH3 is 1. The molecule has 1 unspecified atom stereocenters. The van der Waals surface area contributed by atoms with E-state index in [9.17, 15) is 9.90 Å². The molecule has 0 amide bonds. The summed E-state index contributed by atoms with van der Waals surface area (Å²) in [5, 5.41) is 9.30. The molecule has 0 aromatic carbocycles. The van der Waals surface area contributed by atoms with Crippen LogP contribution in [0.2, 0.25) is 0 Å². The summed E-state index contributed by atoms with van der Waals surface area (Å²) in [5.74, 6) is 0. The topological polar surface area (TPSA) is 82.8 Å². The molecule has 1 aliphatic heterocycles. The Morgan fingerprint density at radius 1 is 1.62 bits per heavy atom. The molecule has 8 heteroatoms. The second-order valence-electron chi connectivity index (χ2n) is 4.91. The first kappa shape index (κ1) is 15.9. The minimum absolute atomic E-state index is 0.0349. The van der Waals surface area contributed by atoms with Crippen LogP contribution in [0.15, 0.2) is 17.1 Å². The number of alkyl halides is 1. The lowest BCUT2D eigenvalue weighted by Gasteiger charge is -2.28. The molecule has 2 rings (SSSR count). The zero-order chi connectivity index (χ0) is 15.6. The van der Waals surface area contributed by atoms with Gasteiger partial charge >= 0.3 is 6.01 Å². The summed E-state index contributed by atoms with van der Waals surface area (Å²) < 4.78 is 32.2. The van der Waals surface area contributed by atoms with E-state index >= 15 is 4.39 Å². The van der Waals surface area contributed by atoms with Gasteiger partial charge in [0.05, 0.1) is 13.2 Å². The maximum Gasteiger partial charge on any atom is 0.301 e. The van der Waals surface area contributed by atoms with Crippen LogP contribution in [0.5, 0.6) is 6.01 Å². The van der Waals surface area contributed by atoms with Crippen LogP contribution in [0.3, 0.4) is 0 Å². The van der Waals surface area contributed by atoms with Gasteiger partial charge in [0.2, 0.25) is 0 Å². The predicted molar refractivity (Wildman–Crippen MR) is 71.0 cm³/mol. The Balaban J connectivity index is 2.44. The summed E-state index contributed by atoms with van der Waals surface area (Å²) >= 11 is 0. The minimum Gasteiger partial charge on any atom is -0.465 e. The Morgan fingerprint density at radius 3 is 2.86 bits per heavy atom. The van der Waals surface area contributed by atoms with Gasteiger partial charge in [0, 0.05) is 19.4 Å². The molecule has 1 aromatic rings. The number of hydrogen-bond donors (Lipinski definition) is 1. The summed E-state index contributed by atoms with van der Waals surface area (Å²) in [6, 6.07) is 1.16. The SMILES string of the molecule is CCOc1nc(=O)ccn1[C@@H]1O[C@H](CO)[C@H](OC)C1(C)F. The molecule has 0 aliphatic carbocycles. The van der Waals surface area contributed by atoms with Crippen molar-refractivity contribution in [2.45, 2.75) is 38.0 Å². The van der Waals surface area contributed by atoms with Crippen molar-refractivity contribution in [3.8, 4) is 6.01 Å². The van der Waals surface area contributed by atoms with Crippen LogP contribution >= 0.6 is 0 Å². The maximum atomic E-state index is 15.0. The highest BCUT2D eigenvalue weighted by Crippen LogP contribution is 2.43. The molecule has 118 valence electrons. The summed E-state index contributed by atoms with van der Waals surface area (Å²) in [6.07, 6.45) is -1.52. The highest BCUT2D eigenvalue weighted by molar-refractivity contribution is 5.08. The minimum atomic E-state index is -1.93. The quantitative estimate of drug-likeness (QED) is 0.841. The van der Waals surface area contributed by atoms with Crippen LogP contribution in [0, 0.1) is 0 Å². The fourth-order valence-electron chi connectivity index (χ4n) is 2.54. The van der Waals surface area contributed by atoms with E-state index in [2.05, 4.69) is 4.98 Å². The molecule has 0 saturated carbocycles. The van der Waals surface area contributed by atoms with Crippen LogP contribution < -0.4 is 10.3 Å². The number of aromatic nitrogens is 2. The highest BCUT2D eigenvalue weighted by atomic mass is 19.1. The molecule has 1 N–H and O–H groups in total. The number of aliphatic hydroxyl groups excluding tert-OH is 1. The molecule has 1 aliphatic rings. The standard InChI is InChI=1S/C13H19FN2O5/c1-4-20-12-15-9(18)5-6-16(12)11-13(2,14)10(19-3)8(7-17)21-11/h5-6,8,10-11,17H,4,7H2,1-3H3/t8-,10+,11-,13?/m1/s1. The molecule has 2 heterocycles. The largest absolute Gasteiger partial charge is 0.465 e. The van der Waals surface area contributed by atoms with Crippen LogP contribution in [0.1, 0.15) is 20.1 Å². The molecular formula is C13H19FN2O5. The zero-order valence-electron chi connectivity index (χ0n) is 12.2. The van der Waals surface area contributed by atoms with Crippen molar-refractivity contribution in [2.75, 3.05) is 20.3 Å². The van der Waals surface area contributed by atoms with Crippen LogP contribution in [-0.2, 0) is 9.47 Å². The van der Waals surface area contributed by atoms with E-state index in [0.717, 1.165) is 0 Å². The van der Waals surface area contributed by atoms with Gasteiger partial charge < -0.3 is 19.3 Å². The molecule has 1 fully saturated rings. The van der Waals surface area contributed by atoms with Gasteiger partial charge in [0.15, 0.2) is 11.9 Å². The van der Waals surface area contributed by atoms with E-state index < -0.39 is 29.7 Å². The number of hydrogen-bond acceptors (Lipinski definition) is 6. The average Bonchev–Trinajstić information content (AvgIpc) is 2.70. The van der Waals surface area contributed by atoms with Crippen molar-refractivity contribution in [1.29, 1.82) is 0 Å². The number of nitrogens with zero attached hydrogens (tertiary/aromatic N) is 2. The predicted octanol–water partition coefficient (Wildman–Crippen LogP) is 0.275. The van der Waals surface area contributed by atoms with Gasteiger partial charge in [-0.25, -0.2) is 4.39 Å². The number of halogens is 1. The first-order chi connectivity index (χ1) is 9.95. The maximum absolute atomic E-state index is 15.0. The van der Waals surface area contributed by atoms with Gasteiger partial charge in [-0.1, -0.05) is 0 Å². The first-order valence-corrected chi connectivity index (χ1v) is 6.65. The summed E-state index contributed by atoms with van der Waals surface area (Å²) in [4.78, 5) is 15.0. The van der Waals surface area contributed by atoms with E-state index in [-0.39, 0.29) is 19.2 Å². The molecule has 4 atom stereocenters. The fourth-order valence-corrected chi connectivity index (χ4v) is 2.54. The third kappa shape index (κ3) is 2.78. The fraction of sp³-hybridized carbons (Fsp3) is 0.692. The van der Waals surface area contributed by atoms with Gasteiger partial charge in [-0.3, -0.25) is 9.36 Å². The van der Waals surface area contributed by atoms with Crippen molar-refractivity contribution in [2.24, 2.45) is 0 Å². The molecule has 1 saturated heterocycles. The first-order valence-electron chi connectivity index (χ1n) is 6.65. The van der Waals surface area contributed by atoms with Crippen molar-refractivity contribution in [3.63, 3.8) is 0 Å². The molecule has 1 aromatic heterocycles. The molecular weight excluding hydrogens is 283 g/mol. The van der Waals surface area contributed by atoms with Crippen LogP contribution in [-0.4, -0.2) is 52.9 Å². The second kappa shape index (κ2) is 6.08. The Bertz CT molecular complexity index is 548. The third-order valence-corrected chi connectivity index (χ3v) is 3.44. The lowest BCUT2D eigenvalue weighted by Crippen LogP contribution is -2.42. The zero-order valence-corrected chi connectivity index (χ0v) is 12.2. The summed E-state index contributed by atoms with van der Waals surface area (Å²) in [7, 11) is 1.35. The van der Waals surface area contributed by atoms with Crippen LogP contribution in [0.4, 0.5) is 4.39 Å². The number of rotatable bonds is 5. The Labute approximate surface area is 121 Å².